The molecule has 0 spiro atoms. The van der Waals surface area contributed by atoms with E-state index in [2.05, 4.69) is 5.32 Å². The summed E-state index contributed by atoms with van der Waals surface area (Å²) in [5.41, 5.74) is 1.30. The Morgan fingerprint density at radius 3 is 2.70 bits per heavy atom. The molecule has 0 aliphatic rings. The van der Waals surface area contributed by atoms with Crippen molar-refractivity contribution < 1.29 is 23.5 Å². The van der Waals surface area contributed by atoms with Crippen molar-refractivity contribution in [2.45, 2.75) is 13.0 Å². The van der Waals surface area contributed by atoms with Crippen molar-refractivity contribution in [3.05, 3.63) is 70.5 Å². The Bertz CT molecular complexity index is 854. The van der Waals surface area contributed by atoms with E-state index in [4.69, 9.17) is 21.1 Å². The number of carbonyl (C=O) groups excluding carboxylic acids is 2. The predicted octanol–water partition coefficient (Wildman–Crippen LogP) is 3.92. The molecule has 1 atom stereocenters. The fraction of sp³-hybridized carbons (Fsp3) is 0.200. The first-order valence-electron chi connectivity index (χ1n) is 8.12. The van der Waals surface area contributed by atoms with Gasteiger partial charge in [-0.3, -0.25) is 4.79 Å². The first-order chi connectivity index (χ1) is 12.9. The molecule has 0 aliphatic carbocycles. The van der Waals surface area contributed by atoms with E-state index < -0.39 is 24.3 Å². The van der Waals surface area contributed by atoms with Crippen LogP contribution < -0.4 is 10.1 Å². The molecule has 5 nitrogen and oxygen atoms in total. The summed E-state index contributed by atoms with van der Waals surface area (Å²) >= 11 is 5.92. The minimum absolute atomic E-state index is 0.111. The highest BCUT2D eigenvalue weighted by atomic mass is 35.5. The second kappa shape index (κ2) is 9.73. The number of nitrogens with one attached hydrogen (secondary N) is 1. The van der Waals surface area contributed by atoms with E-state index in [1.54, 1.807) is 31.2 Å². The lowest BCUT2D eigenvalue weighted by Crippen LogP contribution is -2.30. The summed E-state index contributed by atoms with van der Waals surface area (Å²) in [4.78, 5) is 23.6. The second-order valence-corrected chi connectivity index (χ2v) is 6.12. The smallest absolute Gasteiger partial charge is 0.331 e. The number of carbonyl (C=O) groups is 2. The van der Waals surface area contributed by atoms with Crippen LogP contribution >= 0.6 is 11.6 Å². The quantitative estimate of drug-likeness (QED) is 0.574. The molecule has 0 aliphatic heterocycles. The van der Waals surface area contributed by atoms with Crippen molar-refractivity contribution in [2.75, 3.05) is 13.7 Å². The van der Waals surface area contributed by atoms with Gasteiger partial charge in [0.25, 0.3) is 5.91 Å². The van der Waals surface area contributed by atoms with Crippen molar-refractivity contribution in [1.29, 1.82) is 0 Å². The number of esters is 1. The van der Waals surface area contributed by atoms with Crippen LogP contribution in [0.4, 0.5) is 4.39 Å². The number of ether oxygens (including phenoxy) is 2. The molecule has 7 heteroatoms. The molecule has 142 valence electrons. The third kappa shape index (κ3) is 6.42. The lowest BCUT2D eigenvalue weighted by atomic mass is 10.1. The van der Waals surface area contributed by atoms with Gasteiger partial charge >= 0.3 is 5.97 Å². The molecule has 0 saturated heterocycles. The molecule has 27 heavy (non-hydrogen) atoms. The van der Waals surface area contributed by atoms with Crippen molar-refractivity contribution in [2.24, 2.45) is 0 Å². The van der Waals surface area contributed by atoms with Crippen LogP contribution in [0.15, 0.2) is 48.5 Å². The van der Waals surface area contributed by atoms with Gasteiger partial charge < -0.3 is 14.8 Å². The molecule has 2 aromatic carbocycles. The number of halogens is 2. The van der Waals surface area contributed by atoms with Gasteiger partial charge in [-0.25, -0.2) is 9.18 Å². The zero-order chi connectivity index (χ0) is 19.8. The summed E-state index contributed by atoms with van der Waals surface area (Å²) in [5, 5.41) is 3.28. The average molecular weight is 392 g/mol. The molecule has 0 bridgehead atoms. The normalized spacial score (nSPS) is 11.9. The molecular formula is C20H19ClFNO4. The van der Waals surface area contributed by atoms with Gasteiger partial charge in [0.1, 0.15) is 0 Å². The summed E-state index contributed by atoms with van der Waals surface area (Å²) in [6.45, 7) is 1.37. The van der Waals surface area contributed by atoms with Crippen LogP contribution in [0.25, 0.3) is 6.08 Å². The zero-order valence-electron chi connectivity index (χ0n) is 14.9. The number of hydrogen-bond acceptors (Lipinski definition) is 4. The summed E-state index contributed by atoms with van der Waals surface area (Å²) < 4.78 is 23.3. The van der Waals surface area contributed by atoms with Crippen molar-refractivity contribution in [3.8, 4) is 5.75 Å². The van der Waals surface area contributed by atoms with Crippen molar-refractivity contribution in [1.82, 2.24) is 5.32 Å². The van der Waals surface area contributed by atoms with Gasteiger partial charge in [-0.2, -0.15) is 0 Å². The Kier molecular flexibility index (Phi) is 7.37. The van der Waals surface area contributed by atoms with E-state index in [0.717, 1.165) is 11.6 Å². The molecule has 0 saturated carbocycles. The topological polar surface area (TPSA) is 64.6 Å². The third-order valence-corrected chi connectivity index (χ3v) is 3.89. The fourth-order valence-corrected chi connectivity index (χ4v) is 2.48. The Morgan fingerprint density at radius 1 is 1.26 bits per heavy atom. The summed E-state index contributed by atoms with van der Waals surface area (Å²) in [5.74, 6) is -1.58. The van der Waals surface area contributed by atoms with E-state index >= 15 is 0 Å². The maximum atomic E-state index is 13.6. The highest BCUT2D eigenvalue weighted by molar-refractivity contribution is 6.30. The highest BCUT2D eigenvalue weighted by Crippen LogP contribution is 2.19. The molecule has 0 fully saturated rings. The molecular weight excluding hydrogens is 373 g/mol. The molecule has 0 unspecified atom stereocenters. The van der Waals surface area contributed by atoms with Gasteiger partial charge in [-0.15, -0.1) is 0 Å². The molecule has 2 rings (SSSR count). The van der Waals surface area contributed by atoms with E-state index in [-0.39, 0.29) is 11.8 Å². The molecule has 1 N–H and O–H groups in total. The Labute approximate surface area is 161 Å². The summed E-state index contributed by atoms with van der Waals surface area (Å²) in [6.07, 6.45) is 2.51. The van der Waals surface area contributed by atoms with Crippen LogP contribution in [0.1, 0.15) is 24.1 Å². The van der Waals surface area contributed by atoms with E-state index in [9.17, 15) is 14.0 Å². The first-order valence-corrected chi connectivity index (χ1v) is 8.50. The Morgan fingerprint density at radius 2 is 2.04 bits per heavy atom. The largest absolute Gasteiger partial charge is 0.494 e. The van der Waals surface area contributed by atoms with E-state index in [1.807, 2.05) is 6.07 Å². The van der Waals surface area contributed by atoms with Gasteiger partial charge in [0.15, 0.2) is 18.2 Å². The van der Waals surface area contributed by atoms with Crippen LogP contribution in [0.3, 0.4) is 0 Å². The molecule has 2 aromatic rings. The maximum Gasteiger partial charge on any atom is 0.331 e. The van der Waals surface area contributed by atoms with Gasteiger partial charge in [0.05, 0.1) is 13.2 Å². The van der Waals surface area contributed by atoms with Gasteiger partial charge in [-0.05, 0) is 48.4 Å². The number of benzene rings is 2. The fourth-order valence-electron chi connectivity index (χ4n) is 2.28. The molecule has 0 radical (unpaired) electrons. The van der Waals surface area contributed by atoms with Crippen LogP contribution in [0.2, 0.25) is 5.02 Å². The summed E-state index contributed by atoms with van der Waals surface area (Å²) in [6, 6.07) is 11.1. The van der Waals surface area contributed by atoms with Crippen molar-refractivity contribution >= 4 is 29.6 Å². The highest BCUT2D eigenvalue weighted by Gasteiger charge is 2.11. The number of methoxy groups -OCH3 is 1. The summed E-state index contributed by atoms with van der Waals surface area (Å²) in [7, 11) is 1.36. The van der Waals surface area contributed by atoms with Crippen LogP contribution in [-0.4, -0.2) is 25.6 Å². The van der Waals surface area contributed by atoms with Gasteiger partial charge in [0, 0.05) is 11.1 Å². The Hall–Kier alpha value is -2.86. The Balaban J connectivity index is 1.82. The van der Waals surface area contributed by atoms with Crippen LogP contribution in [0, 0.1) is 5.82 Å². The third-order valence-electron chi connectivity index (χ3n) is 3.66. The van der Waals surface area contributed by atoms with Crippen molar-refractivity contribution in [3.63, 3.8) is 0 Å². The monoisotopic (exact) mass is 391 g/mol. The predicted molar refractivity (Wildman–Crippen MR) is 101 cm³/mol. The number of rotatable bonds is 7. The maximum absolute atomic E-state index is 13.6. The first kappa shape index (κ1) is 20.5. The van der Waals surface area contributed by atoms with Gasteiger partial charge in [-0.1, -0.05) is 29.8 Å². The standard InChI is InChI=1S/C20H19ClFNO4/c1-13(15-4-3-5-16(21)11-15)23-19(24)12-27-20(25)9-7-14-6-8-18(26-2)17(22)10-14/h3-11,13H,12H2,1-2H3,(H,23,24)/b9-7+/t13-/m0/s1. The lowest BCUT2D eigenvalue weighted by molar-refractivity contribution is -0.144. The minimum atomic E-state index is -0.711. The van der Waals surface area contributed by atoms with Crippen LogP contribution in [-0.2, 0) is 14.3 Å². The van der Waals surface area contributed by atoms with Gasteiger partial charge in [0.2, 0.25) is 0 Å². The zero-order valence-corrected chi connectivity index (χ0v) is 15.6. The van der Waals surface area contributed by atoms with E-state index in [1.165, 1.54) is 25.3 Å². The minimum Gasteiger partial charge on any atom is -0.494 e. The van der Waals surface area contributed by atoms with Crippen LogP contribution in [0.5, 0.6) is 5.75 Å². The average Bonchev–Trinajstić information content (AvgIpc) is 2.64. The lowest BCUT2D eigenvalue weighted by Gasteiger charge is -2.14. The van der Waals surface area contributed by atoms with E-state index in [0.29, 0.717) is 10.6 Å². The molecule has 0 heterocycles. The molecule has 1 amide bonds. The SMILES string of the molecule is COc1ccc(/C=C/C(=O)OCC(=O)N[C@@H](C)c2cccc(Cl)c2)cc1F. The number of amides is 1. The number of hydrogen-bond donors (Lipinski definition) is 1. The molecule has 0 aromatic heterocycles. The second-order valence-electron chi connectivity index (χ2n) is 5.68.